The molecule has 0 atom stereocenters. The summed E-state index contributed by atoms with van der Waals surface area (Å²) in [6.45, 7) is 4.01. The van der Waals surface area contributed by atoms with E-state index in [-0.39, 0.29) is 5.56 Å². The Hall–Kier alpha value is -4.72. The van der Waals surface area contributed by atoms with Crippen molar-refractivity contribution in [2.24, 2.45) is 0 Å². The van der Waals surface area contributed by atoms with Crippen LogP contribution in [0.15, 0.2) is 86.9 Å². The van der Waals surface area contributed by atoms with E-state index >= 15 is 0 Å². The maximum Gasteiger partial charge on any atom is 0.439 e. The molecular weight excluding hydrogens is 492 g/mol. The largest absolute Gasteiger partial charge is 0.497 e. The predicted octanol–water partition coefficient (Wildman–Crippen LogP) is 5.49. The molecule has 0 aliphatic rings. The molecule has 2 aromatic heterocycles. The van der Waals surface area contributed by atoms with E-state index in [1.54, 1.807) is 11.7 Å². The molecule has 3 aromatic carbocycles. The fourth-order valence-corrected chi connectivity index (χ4v) is 4.78. The molecule has 0 unspecified atom stereocenters. The molecule has 0 radical (unpaired) electrons. The van der Waals surface area contributed by atoms with E-state index in [4.69, 9.17) is 14.2 Å². The second kappa shape index (κ2) is 11.3. The number of methoxy groups -OCH3 is 1. The van der Waals surface area contributed by atoms with Gasteiger partial charge >= 0.3 is 5.76 Å². The van der Waals surface area contributed by atoms with Crippen LogP contribution in [0, 0.1) is 6.92 Å². The van der Waals surface area contributed by atoms with Crippen molar-refractivity contribution in [3.8, 4) is 34.0 Å². The lowest BCUT2D eigenvalue weighted by Gasteiger charge is -2.16. The van der Waals surface area contributed by atoms with E-state index in [1.165, 1.54) is 0 Å². The number of aromatic nitrogens is 4. The molecule has 1 N–H and O–H groups in total. The molecule has 0 spiro atoms. The molecule has 39 heavy (non-hydrogen) atoms. The van der Waals surface area contributed by atoms with Gasteiger partial charge in [-0.3, -0.25) is 18.9 Å². The molecule has 0 fully saturated rings. The van der Waals surface area contributed by atoms with Crippen molar-refractivity contribution in [1.29, 1.82) is 0 Å². The summed E-state index contributed by atoms with van der Waals surface area (Å²) in [4.78, 5) is 32.9. The molecule has 0 aliphatic heterocycles. The Bertz CT molecular complexity index is 1700. The average molecular weight is 523 g/mol. The Morgan fingerprint density at radius 3 is 2.31 bits per heavy atom. The van der Waals surface area contributed by atoms with E-state index in [0.717, 1.165) is 58.6 Å². The molecule has 0 saturated carbocycles. The van der Waals surface area contributed by atoms with E-state index in [2.05, 4.69) is 17.1 Å². The van der Waals surface area contributed by atoms with E-state index < -0.39 is 5.76 Å². The highest BCUT2D eigenvalue weighted by Gasteiger charge is 2.17. The maximum atomic E-state index is 13.9. The number of H-pyrrole nitrogens is 1. The average Bonchev–Trinajstić information content (AvgIpc) is 3.40. The molecule has 5 rings (SSSR count). The highest BCUT2D eigenvalue weighted by molar-refractivity contribution is 5.80. The van der Waals surface area contributed by atoms with Gasteiger partial charge in [0.25, 0.3) is 5.56 Å². The van der Waals surface area contributed by atoms with Gasteiger partial charge in [0.05, 0.1) is 18.5 Å². The lowest BCUT2D eigenvalue weighted by molar-refractivity contribution is 0.388. The second-order valence-electron chi connectivity index (χ2n) is 9.39. The SMILES string of the molecule is CCCCc1nc(C)n(-c2ccc(OC)cc2)c(=O)c1Cc1ccc(-c2ccccc2-c2noc(=O)[nH]2)cc1. The number of aryl methyl sites for hydroxylation is 2. The predicted molar refractivity (Wildman–Crippen MR) is 151 cm³/mol. The molecule has 0 bridgehead atoms. The summed E-state index contributed by atoms with van der Waals surface area (Å²) in [6, 6.07) is 23.2. The maximum absolute atomic E-state index is 13.9. The molecular formula is C31H30N4O4. The summed E-state index contributed by atoms with van der Waals surface area (Å²) < 4.78 is 11.7. The third-order valence-corrected chi connectivity index (χ3v) is 6.80. The van der Waals surface area contributed by atoms with E-state index in [9.17, 15) is 9.59 Å². The summed E-state index contributed by atoms with van der Waals surface area (Å²) in [7, 11) is 1.62. The van der Waals surface area contributed by atoms with Crippen LogP contribution in [-0.2, 0) is 12.8 Å². The van der Waals surface area contributed by atoms with Crippen molar-refractivity contribution in [3.05, 3.63) is 116 Å². The molecule has 5 aromatic rings. The third kappa shape index (κ3) is 5.45. The first-order chi connectivity index (χ1) is 19.0. The summed E-state index contributed by atoms with van der Waals surface area (Å²) in [5.41, 5.74) is 5.91. The van der Waals surface area contributed by atoms with Gasteiger partial charge in [-0.15, -0.1) is 0 Å². The van der Waals surface area contributed by atoms with Gasteiger partial charge in [-0.2, -0.15) is 0 Å². The summed E-state index contributed by atoms with van der Waals surface area (Å²) in [5.74, 6) is 1.18. The number of benzene rings is 3. The number of hydrogen-bond donors (Lipinski definition) is 1. The lowest BCUT2D eigenvalue weighted by atomic mass is 9.96. The van der Waals surface area contributed by atoms with Gasteiger partial charge in [0.15, 0.2) is 5.82 Å². The van der Waals surface area contributed by atoms with Gasteiger partial charge < -0.3 is 4.74 Å². The summed E-state index contributed by atoms with van der Waals surface area (Å²) in [5, 5.41) is 3.85. The van der Waals surface area contributed by atoms with Crippen LogP contribution in [0.2, 0.25) is 0 Å². The van der Waals surface area contributed by atoms with Gasteiger partial charge in [0.2, 0.25) is 0 Å². The number of nitrogens with one attached hydrogen (secondary N) is 1. The van der Waals surface area contributed by atoms with E-state index in [0.29, 0.717) is 23.6 Å². The fraction of sp³-hybridized carbons (Fsp3) is 0.226. The Labute approximate surface area is 225 Å². The molecule has 8 nitrogen and oxygen atoms in total. The summed E-state index contributed by atoms with van der Waals surface area (Å²) >= 11 is 0. The van der Waals surface area contributed by atoms with Crippen molar-refractivity contribution in [1.82, 2.24) is 19.7 Å². The zero-order valence-electron chi connectivity index (χ0n) is 22.2. The van der Waals surface area contributed by atoms with Crippen molar-refractivity contribution in [2.75, 3.05) is 7.11 Å². The summed E-state index contributed by atoms with van der Waals surface area (Å²) in [6.07, 6.45) is 3.21. The van der Waals surface area contributed by atoms with Gasteiger partial charge in [0, 0.05) is 17.5 Å². The minimum atomic E-state index is -0.596. The molecule has 0 aliphatic carbocycles. The molecule has 2 heterocycles. The quantitative estimate of drug-likeness (QED) is 0.274. The zero-order chi connectivity index (χ0) is 27.4. The fourth-order valence-electron chi connectivity index (χ4n) is 4.78. The molecule has 0 saturated heterocycles. The number of unbranched alkanes of at least 4 members (excludes halogenated alkanes) is 1. The monoisotopic (exact) mass is 522 g/mol. The van der Waals surface area contributed by atoms with Crippen LogP contribution in [-0.4, -0.2) is 26.8 Å². The first-order valence-electron chi connectivity index (χ1n) is 13.0. The van der Waals surface area contributed by atoms with Crippen molar-refractivity contribution >= 4 is 0 Å². The van der Waals surface area contributed by atoms with Gasteiger partial charge in [0.1, 0.15) is 11.6 Å². The Kier molecular flexibility index (Phi) is 7.54. The molecule has 198 valence electrons. The third-order valence-electron chi connectivity index (χ3n) is 6.80. The van der Waals surface area contributed by atoms with Crippen LogP contribution in [0.5, 0.6) is 5.75 Å². The van der Waals surface area contributed by atoms with Crippen LogP contribution >= 0.6 is 0 Å². The normalized spacial score (nSPS) is 11.1. The van der Waals surface area contributed by atoms with Gasteiger partial charge in [-0.05, 0) is 60.7 Å². The Morgan fingerprint density at radius 2 is 1.67 bits per heavy atom. The smallest absolute Gasteiger partial charge is 0.439 e. The number of nitrogens with zero attached hydrogens (tertiary/aromatic N) is 3. The van der Waals surface area contributed by atoms with Crippen LogP contribution < -0.4 is 16.1 Å². The topological polar surface area (TPSA) is 103 Å². The van der Waals surface area contributed by atoms with Crippen molar-refractivity contribution in [3.63, 3.8) is 0 Å². The second-order valence-corrected chi connectivity index (χ2v) is 9.39. The number of rotatable bonds is 9. The number of ether oxygens (including phenoxy) is 1. The van der Waals surface area contributed by atoms with Crippen LogP contribution in [0.4, 0.5) is 0 Å². The first-order valence-corrected chi connectivity index (χ1v) is 13.0. The van der Waals surface area contributed by atoms with Crippen LogP contribution in [0.3, 0.4) is 0 Å². The minimum absolute atomic E-state index is 0.0526. The Morgan fingerprint density at radius 1 is 0.949 bits per heavy atom. The van der Waals surface area contributed by atoms with Crippen LogP contribution in [0.25, 0.3) is 28.2 Å². The molecule has 8 heteroatoms. The first kappa shape index (κ1) is 25.9. The standard InChI is InChI=1S/C31H30N4O4/c1-4-5-10-28-27(30(36)35(20(2)32-28)23-15-17-24(38-3)18-16-23)19-21-11-13-22(14-12-21)25-8-6-7-9-26(25)29-33-31(37)39-34-29/h6-9,11-18H,4-5,10,19H2,1-3H3,(H,33,34,37). The zero-order valence-corrected chi connectivity index (χ0v) is 22.2. The van der Waals surface area contributed by atoms with Gasteiger partial charge in [-0.25, -0.2) is 9.78 Å². The van der Waals surface area contributed by atoms with Gasteiger partial charge in [-0.1, -0.05) is 67.0 Å². The number of aromatic amines is 1. The highest BCUT2D eigenvalue weighted by Crippen LogP contribution is 2.30. The van der Waals surface area contributed by atoms with Crippen LogP contribution in [0.1, 0.15) is 42.4 Å². The van der Waals surface area contributed by atoms with E-state index in [1.807, 2.05) is 79.7 Å². The van der Waals surface area contributed by atoms with Crippen molar-refractivity contribution < 1.29 is 9.26 Å². The highest BCUT2D eigenvalue weighted by atomic mass is 16.5. The lowest BCUT2D eigenvalue weighted by Crippen LogP contribution is -2.28. The molecule has 0 amide bonds. The minimum Gasteiger partial charge on any atom is -0.497 e. The van der Waals surface area contributed by atoms with Crippen molar-refractivity contribution in [2.45, 2.75) is 39.5 Å². The Balaban J connectivity index is 1.51. The number of hydrogen-bond acceptors (Lipinski definition) is 6.